The molecule has 0 atom stereocenters. The summed E-state index contributed by atoms with van der Waals surface area (Å²) in [5.74, 6) is 0.659. The van der Waals surface area contributed by atoms with Gasteiger partial charge >= 0.3 is 6.03 Å². The summed E-state index contributed by atoms with van der Waals surface area (Å²) in [5.41, 5.74) is 1.84. The highest BCUT2D eigenvalue weighted by atomic mass is 32.1. The number of aryl methyl sites for hydroxylation is 1. The van der Waals surface area contributed by atoms with Crippen molar-refractivity contribution in [3.63, 3.8) is 0 Å². The number of hydrogen-bond donors (Lipinski definition) is 1. The molecule has 3 heterocycles. The number of likely N-dealkylation sites (tertiary alicyclic amines) is 1. The molecule has 0 radical (unpaired) electrons. The summed E-state index contributed by atoms with van der Waals surface area (Å²) in [6.45, 7) is 5.15. The number of carbonyl (C=O) groups is 1. The van der Waals surface area contributed by atoms with Crippen LogP contribution in [0.15, 0.2) is 24.3 Å². The highest BCUT2D eigenvalue weighted by molar-refractivity contribution is 7.15. The van der Waals surface area contributed by atoms with Crippen LogP contribution in [0, 0.1) is 6.92 Å². The minimum atomic E-state index is 0.0815. The number of ether oxygens (including phenoxy) is 1. The molecule has 2 aliphatic heterocycles. The van der Waals surface area contributed by atoms with Gasteiger partial charge in [-0.3, -0.25) is 0 Å². The number of fused-ring (bicyclic) bond motifs is 1. The number of aromatic hydroxyl groups is 1. The number of carbonyl (C=O) groups excluding carboxylic acids is 1. The molecule has 1 fully saturated rings. The third kappa shape index (κ3) is 3.38. The van der Waals surface area contributed by atoms with Crippen molar-refractivity contribution in [3.05, 3.63) is 34.7 Å². The van der Waals surface area contributed by atoms with Crippen molar-refractivity contribution in [3.8, 4) is 21.9 Å². The maximum atomic E-state index is 12.9. The van der Waals surface area contributed by atoms with Gasteiger partial charge in [0, 0.05) is 28.4 Å². The lowest BCUT2D eigenvalue weighted by molar-refractivity contribution is 0.137. The summed E-state index contributed by atoms with van der Waals surface area (Å²) < 4.78 is 5.78. The van der Waals surface area contributed by atoms with E-state index in [-0.39, 0.29) is 11.8 Å². The lowest BCUT2D eigenvalue weighted by Crippen LogP contribution is -2.45. The minimum absolute atomic E-state index is 0.0815. The molecule has 1 N–H and O–H groups in total. The van der Waals surface area contributed by atoms with E-state index in [0.29, 0.717) is 25.4 Å². The number of urea groups is 1. The Labute approximate surface area is 157 Å². The highest BCUT2D eigenvalue weighted by Gasteiger charge is 2.27. The van der Waals surface area contributed by atoms with E-state index in [1.807, 2.05) is 15.9 Å². The third-order valence-corrected chi connectivity index (χ3v) is 6.09. The molecular formula is C20H24N2O3S. The molecule has 2 amide bonds. The third-order valence-electron chi connectivity index (χ3n) is 5.04. The SMILES string of the molecule is Cc1ccc(-c2cc(O)c3c(c2)CN(C(=O)N2CCCCC2)CCO3)s1. The van der Waals surface area contributed by atoms with Gasteiger partial charge in [0.05, 0.1) is 13.1 Å². The Morgan fingerprint density at radius 2 is 1.92 bits per heavy atom. The van der Waals surface area contributed by atoms with Crippen LogP contribution < -0.4 is 4.74 Å². The number of thiophene rings is 1. The Bertz CT molecular complexity index is 811. The molecule has 2 aromatic rings. The van der Waals surface area contributed by atoms with Gasteiger partial charge in [0.1, 0.15) is 6.61 Å². The summed E-state index contributed by atoms with van der Waals surface area (Å²) in [4.78, 5) is 19.0. The first kappa shape index (κ1) is 17.2. The molecule has 6 heteroatoms. The number of hydrogen-bond acceptors (Lipinski definition) is 4. The van der Waals surface area contributed by atoms with Gasteiger partial charge in [-0.15, -0.1) is 11.3 Å². The van der Waals surface area contributed by atoms with Gasteiger partial charge in [-0.05, 0) is 56.0 Å². The van der Waals surface area contributed by atoms with Gasteiger partial charge in [0.2, 0.25) is 0 Å². The van der Waals surface area contributed by atoms with Crippen LogP contribution in [0.5, 0.6) is 11.5 Å². The second-order valence-electron chi connectivity index (χ2n) is 6.99. The Hall–Kier alpha value is -2.21. The van der Waals surface area contributed by atoms with Gasteiger partial charge < -0.3 is 19.6 Å². The largest absolute Gasteiger partial charge is 0.504 e. The van der Waals surface area contributed by atoms with Crippen LogP contribution in [0.25, 0.3) is 10.4 Å². The van der Waals surface area contributed by atoms with Crippen molar-refractivity contribution in [2.75, 3.05) is 26.2 Å². The van der Waals surface area contributed by atoms with Gasteiger partial charge in [-0.25, -0.2) is 4.79 Å². The maximum absolute atomic E-state index is 12.9. The Kier molecular flexibility index (Phi) is 4.76. The summed E-state index contributed by atoms with van der Waals surface area (Å²) >= 11 is 1.69. The zero-order chi connectivity index (χ0) is 18.1. The number of piperidine rings is 1. The van der Waals surface area contributed by atoms with E-state index in [2.05, 4.69) is 19.1 Å². The van der Waals surface area contributed by atoms with Crippen molar-refractivity contribution in [2.24, 2.45) is 0 Å². The summed E-state index contributed by atoms with van der Waals surface area (Å²) in [5, 5.41) is 10.5. The predicted octanol–water partition coefficient (Wildman–Crippen LogP) is 4.23. The Balaban J connectivity index is 1.62. The van der Waals surface area contributed by atoms with Crippen molar-refractivity contribution in [1.29, 1.82) is 0 Å². The normalized spacial score (nSPS) is 17.4. The molecule has 0 aliphatic carbocycles. The molecule has 5 nitrogen and oxygen atoms in total. The van der Waals surface area contributed by atoms with E-state index in [9.17, 15) is 9.90 Å². The van der Waals surface area contributed by atoms with Gasteiger partial charge in [0.25, 0.3) is 0 Å². The number of amides is 2. The first-order valence-electron chi connectivity index (χ1n) is 9.21. The second-order valence-corrected chi connectivity index (χ2v) is 8.28. The quantitative estimate of drug-likeness (QED) is 0.815. The number of phenols is 1. The van der Waals surface area contributed by atoms with Crippen molar-refractivity contribution in [1.82, 2.24) is 9.80 Å². The van der Waals surface area contributed by atoms with E-state index < -0.39 is 0 Å². The van der Waals surface area contributed by atoms with E-state index in [1.54, 1.807) is 17.4 Å². The van der Waals surface area contributed by atoms with Crippen molar-refractivity contribution < 1.29 is 14.6 Å². The van der Waals surface area contributed by atoms with Crippen LogP contribution in [0.4, 0.5) is 4.79 Å². The van der Waals surface area contributed by atoms with Crippen LogP contribution in [-0.2, 0) is 6.54 Å². The molecule has 0 unspecified atom stereocenters. The van der Waals surface area contributed by atoms with E-state index in [1.165, 1.54) is 11.3 Å². The molecule has 1 aromatic carbocycles. The number of nitrogens with zero attached hydrogens (tertiary/aromatic N) is 2. The number of rotatable bonds is 1. The average molecular weight is 372 g/mol. The lowest BCUT2D eigenvalue weighted by atomic mass is 10.1. The van der Waals surface area contributed by atoms with E-state index in [0.717, 1.165) is 41.9 Å². The fourth-order valence-electron chi connectivity index (χ4n) is 3.68. The molecule has 0 bridgehead atoms. The van der Waals surface area contributed by atoms with E-state index >= 15 is 0 Å². The molecule has 0 spiro atoms. The first-order chi connectivity index (χ1) is 12.6. The monoisotopic (exact) mass is 372 g/mol. The predicted molar refractivity (Wildman–Crippen MR) is 103 cm³/mol. The Morgan fingerprint density at radius 3 is 2.65 bits per heavy atom. The average Bonchev–Trinajstić information content (AvgIpc) is 2.97. The molecular weight excluding hydrogens is 348 g/mol. The number of phenolic OH excluding ortho intramolecular Hbond substituents is 1. The molecule has 1 aromatic heterocycles. The minimum Gasteiger partial charge on any atom is -0.504 e. The van der Waals surface area contributed by atoms with Crippen LogP contribution in [0.2, 0.25) is 0 Å². The number of benzene rings is 1. The van der Waals surface area contributed by atoms with Gasteiger partial charge in [-0.1, -0.05) is 0 Å². The maximum Gasteiger partial charge on any atom is 0.320 e. The highest BCUT2D eigenvalue weighted by Crippen LogP contribution is 2.39. The van der Waals surface area contributed by atoms with Crippen LogP contribution >= 0.6 is 11.3 Å². The zero-order valence-electron chi connectivity index (χ0n) is 15.0. The van der Waals surface area contributed by atoms with Crippen molar-refractivity contribution >= 4 is 17.4 Å². The molecule has 2 aliphatic rings. The fourth-order valence-corrected chi connectivity index (χ4v) is 4.53. The molecule has 26 heavy (non-hydrogen) atoms. The smallest absolute Gasteiger partial charge is 0.320 e. The zero-order valence-corrected chi connectivity index (χ0v) is 15.8. The summed E-state index contributed by atoms with van der Waals surface area (Å²) in [6, 6.07) is 8.02. The molecule has 0 saturated carbocycles. The first-order valence-corrected chi connectivity index (χ1v) is 10.0. The van der Waals surface area contributed by atoms with Gasteiger partial charge in [0.15, 0.2) is 11.5 Å². The Morgan fingerprint density at radius 1 is 1.12 bits per heavy atom. The van der Waals surface area contributed by atoms with Gasteiger partial charge in [-0.2, -0.15) is 0 Å². The lowest BCUT2D eigenvalue weighted by Gasteiger charge is -2.32. The fraction of sp³-hybridized carbons (Fsp3) is 0.450. The van der Waals surface area contributed by atoms with Crippen molar-refractivity contribution in [2.45, 2.75) is 32.7 Å². The molecule has 1 saturated heterocycles. The standard InChI is InChI=1S/C20H24N2O3S/c1-14-5-6-18(26-14)15-11-16-13-22(9-10-25-19(16)17(23)12-15)20(24)21-7-3-2-4-8-21/h5-6,11-12,23H,2-4,7-10,13H2,1H3. The van der Waals surface area contributed by atoms with Crippen LogP contribution in [0.1, 0.15) is 29.7 Å². The molecule has 4 rings (SSSR count). The summed E-state index contributed by atoms with van der Waals surface area (Å²) in [7, 11) is 0. The second kappa shape index (κ2) is 7.19. The van der Waals surface area contributed by atoms with Crippen LogP contribution in [0.3, 0.4) is 0 Å². The summed E-state index contributed by atoms with van der Waals surface area (Å²) in [6.07, 6.45) is 3.36. The molecule has 138 valence electrons. The van der Waals surface area contributed by atoms with Crippen LogP contribution in [-0.4, -0.2) is 47.2 Å². The topological polar surface area (TPSA) is 53.0 Å². The van der Waals surface area contributed by atoms with E-state index in [4.69, 9.17) is 4.74 Å².